The summed E-state index contributed by atoms with van der Waals surface area (Å²) < 4.78 is 5.29. The molecule has 2 nitrogen and oxygen atoms in total. The summed E-state index contributed by atoms with van der Waals surface area (Å²) in [6.07, 6.45) is 9.44. The first-order valence-electron chi connectivity index (χ1n) is 6.58. The van der Waals surface area contributed by atoms with Crippen LogP contribution < -0.4 is 5.32 Å². The molecule has 0 fully saturated rings. The van der Waals surface area contributed by atoms with E-state index in [9.17, 15) is 0 Å². The fraction of sp³-hybridized carbons (Fsp3) is 0.714. The highest BCUT2D eigenvalue weighted by molar-refractivity contribution is 4.98. The summed E-state index contributed by atoms with van der Waals surface area (Å²) in [5.74, 6) is 1.07. The third-order valence-corrected chi connectivity index (χ3v) is 2.93. The van der Waals surface area contributed by atoms with Crippen LogP contribution in [0.3, 0.4) is 0 Å². The molecule has 0 aliphatic carbocycles. The van der Waals surface area contributed by atoms with Crippen LogP contribution in [0.25, 0.3) is 0 Å². The molecule has 1 heterocycles. The van der Waals surface area contributed by atoms with Gasteiger partial charge in [-0.2, -0.15) is 0 Å². The van der Waals surface area contributed by atoms with Crippen LogP contribution in [-0.4, -0.2) is 12.6 Å². The van der Waals surface area contributed by atoms with E-state index in [1.54, 1.807) is 6.26 Å². The molecule has 92 valence electrons. The van der Waals surface area contributed by atoms with Crippen molar-refractivity contribution >= 4 is 0 Å². The highest BCUT2D eigenvalue weighted by Crippen LogP contribution is 2.05. The Kier molecular flexibility index (Phi) is 6.98. The topological polar surface area (TPSA) is 25.2 Å². The summed E-state index contributed by atoms with van der Waals surface area (Å²) in [6.45, 7) is 5.54. The molecule has 1 atom stereocenters. The second kappa shape index (κ2) is 8.40. The van der Waals surface area contributed by atoms with Crippen LogP contribution in [0.4, 0.5) is 0 Å². The van der Waals surface area contributed by atoms with E-state index in [4.69, 9.17) is 4.42 Å². The Labute approximate surface area is 99.4 Å². The van der Waals surface area contributed by atoms with Gasteiger partial charge in [-0.3, -0.25) is 0 Å². The molecule has 1 unspecified atom stereocenters. The van der Waals surface area contributed by atoms with Crippen LogP contribution in [0.1, 0.15) is 51.7 Å². The minimum absolute atomic E-state index is 0.631. The van der Waals surface area contributed by atoms with Crippen molar-refractivity contribution in [3.63, 3.8) is 0 Å². The largest absolute Gasteiger partial charge is 0.469 e. The zero-order chi connectivity index (χ0) is 11.6. The molecule has 0 aliphatic rings. The molecule has 0 radical (unpaired) electrons. The Balaban J connectivity index is 1.95. The first kappa shape index (κ1) is 13.3. The van der Waals surface area contributed by atoms with E-state index in [0.717, 1.165) is 18.7 Å². The molecule has 0 saturated heterocycles. The average molecular weight is 223 g/mol. The molecule has 0 aromatic carbocycles. The van der Waals surface area contributed by atoms with Gasteiger partial charge in [0.2, 0.25) is 0 Å². The molecule has 1 rings (SSSR count). The molecule has 0 spiro atoms. The van der Waals surface area contributed by atoms with Gasteiger partial charge < -0.3 is 9.73 Å². The summed E-state index contributed by atoms with van der Waals surface area (Å²) in [7, 11) is 0. The summed E-state index contributed by atoms with van der Waals surface area (Å²) in [5, 5.41) is 3.54. The van der Waals surface area contributed by atoms with Crippen molar-refractivity contribution in [2.75, 3.05) is 6.54 Å². The van der Waals surface area contributed by atoms with E-state index in [0.29, 0.717) is 6.04 Å². The Morgan fingerprint density at radius 3 is 2.88 bits per heavy atom. The van der Waals surface area contributed by atoms with Crippen molar-refractivity contribution in [2.45, 2.75) is 58.4 Å². The lowest BCUT2D eigenvalue weighted by atomic mass is 10.1. The van der Waals surface area contributed by atoms with E-state index in [1.807, 2.05) is 12.1 Å². The van der Waals surface area contributed by atoms with Gasteiger partial charge in [0, 0.05) is 19.0 Å². The van der Waals surface area contributed by atoms with Crippen molar-refractivity contribution in [3.8, 4) is 0 Å². The molecule has 0 bridgehead atoms. The molecular formula is C14H25NO. The minimum atomic E-state index is 0.631. The van der Waals surface area contributed by atoms with Crippen LogP contribution in [-0.2, 0) is 6.42 Å². The van der Waals surface area contributed by atoms with Crippen molar-refractivity contribution in [1.29, 1.82) is 0 Å². The summed E-state index contributed by atoms with van der Waals surface area (Å²) in [6, 6.07) is 4.61. The van der Waals surface area contributed by atoms with Crippen molar-refractivity contribution in [3.05, 3.63) is 24.2 Å². The van der Waals surface area contributed by atoms with E-state index < -0.39 is 0 Å². The second-order valence-electron chi connectivity index (χ2n) is 4.53. The van der Waals surface area contributed by atoms with Crippen LogP contribution >= 0.6 is 0 Å². The smallest absolute Gasteiger partial charge is 0.105 e. The fourth-order valence-electron chi connectivity index (χ4n) is 1.88. The van der Waals surface area contributed by atoms with E-state index >= 15 is 0 Å². The van der Waals surface area contributed by atoms with Gasteiger partial charge in [-0.1, -0.05) is 32.6 Å². The lowest BCUT2D eigenvalue weighted by molar-refractivity contribution is 0.459. The van der Waals surface area contributed by atoms with E-state index in [1.165, 1.54) is 32.1 Å². The predicted octanol–water partition coefficient (Wildman–Crippen LogP) is 3.77. The summed E-state index contributed by atoms with van der Waals surface area (Å²) in [5.41, 5.74) is 0. The van der Waals surface area contributed by atoms with Gasteiger partial charge in [0.05, 0.1) is 6.26 Å². The van der Waals surface area contributed by atoms with Gasteiger partial charge in [0.25, 0.3) is 0 Å². The fourth-order valence-corrected chi connectivity index (χ4v) is 1.88. The SMILES string of the molecule is CCCCCCC(C)NCCc1ccco1. The molecule has 1 aromatic rings. The predicted molar refractivity (Wildman–Crippen MR) is 68.6 cm³/mol. The number of nitrogens with one attached hydrogen (secondary N) is 1. The minimum Gasteiger partial charge on any atom is -0.469 e. The number of hydrogen-bond acceptors (Lipinski definition) is 2. The quantitative estimate of drug-likeness (QED) is 0.645. The molecule has 2 heteroatoms. The molecule has 0 amide bonds. The molecule has 0 aliphatic heterocycles. The third kappa shape index (κ3) is 5.96. The maximum absolute atomic E-state index is 5.29. The van der Waals surface area contributed by atoms with Gasteiger partial charge in [-0.25, -0.2) is 0 Å². The monoisotopic (exact) mass is 223 g/mol. The van der Waals surface area contributed by atoms with E-state index in [-0.39, 0.29) is 0 Å². The maximum atomic E-state index is 5.29. The zero-order valence-electron chi connectivity index (χ0n) is 10.7. The zero-order valence-corrected chi connectivity index (χ0v) is 10.7. The maximum Gasteiger partial charge on any atom is 0.105 e. The van der Waals surface area contributed by atoms with Crippen LogP contribution in [0.5, 0.6) is 0 Å². The lowest BCUT2D eigenvalue weighted by Gasteiger charge is -2.12. The number of rotatable bonds is 9. The molecule has 0 saturated carbocycles. The number of unbranched alkanes of at least 4 members (excludes halogenated alkanes) is 3. The molecule has 1 N–H and O–H groups in total. The van der Waals surface area contributed by atoms with Gasteiger partial charge >= 0.3 is 0 Å². The molecule has 16 heavy (non-hydrogen) atoms. The standard InChI is InChI=1S/C14H25NO/c1-3-4-5-6-8-13(2)15-11-10-14-9-7-12-16-14/h7,9,12-13,15H,3-6,8,10-11H2,1-2H3. The third-order valence-electron chi connectivity index (χ3n) is 2.93. The highest BCUT2D eigenvalue weighted by Gasteiger charge is 2.01. The summed E-state index contributed by atoms with van der Waals surface area (Å²) >= 11 is 0. The van der Waals surface area contributed by atoms with Crippen LogP contribution in [0.2, 0.25) is 0 Å². The van der Waals surface area contributed by atoms with Gasteiger partial charge in [-0.05, 0) is 25.5 Å². The summed E-state index contributed by atoms with van der Waals surface area (Å²) in [4.78, 5) is 0. The Morgan fingerprint density at radius 1 is 1.31 bits per heavy atom. The van der Waals surface area contributed by atoms with Crippen molar-refractivity contribution in [1.82, 2.24) is 5.32 Å². The molecule has 1 aromatic heterocycles. The van der Waals surface area contributed by atoms with Gasteiger partial charge in [-0.15, -0.1) is 0 Å². The Morgan fingerprint density at radius 2 is 2.19 bits per heavy atom. The normalized spacial score (nSPS) is 12.9. The molecular weight excluding hydrogens is 198 g/mol. The second-order valence-corrected chi connectivity index (χ2v) is 4.53. The van der Waals surface area contributed by atoms with Crippen LogP contribution in [0, 0.1) is 0 Å². The first-order valence-corrected chi connectivity index (χ1v) is 6.58. The number of hydrogen-bond donors (Lipinski definition) is 1. The van der Waals surface area contributed by atoms with Crippen molar-refractivity contribution in [2.24, 2.45) is 0 Å². The average Bonchev–Trinajstić information content (AvgIpc) is 2.77. The lowest BCUT2D eigenvalue weighted by Crippen LogP contribution is -2.27. The first-order chi connectivity index (χ1) is 7.83. The van der Waals surface area contributed by atoms with Crippen molar-refractivity contribution < 1.29 is 4.42 Å². The van der Waals surface area contributed by atoms with Gasteiger partial charge in [0.1, 0.15) is 5.76 Å². The van der Waals surface area contributed by atoms with Crippen LogP contribution in [0.15, 0.2) is 22.8 Å². The van der Waals surface area contributed by atoms with E-state index in [2.05, 4.69) is 19.2 Å². The Bertz CT molecular complexity index is 243. The Hall–Kier alpha value is -0.760. The number of furan rings is 1. The highest BCUT2D eigenvalue weighted by atomic mass is 16.3. The van der Waals surface area contributed by atoms with Gasteiger partial charge in [0.15, 0.2) is 0 Å².